The van der Waals surface area contributed by atoms with Crippen LogP contribution in [0.5, 0.6) is 17.2 Å². The number of para-hydroxylation sites is 1. The molecule has 0 amide bonds. The molecule has 0 atom stereocenters. The Hall–Kier alpha value is -3.28. The van der Waals surface area contributed by atoms with Crippen molar-refractivity contribution in [2.45, 2.75) is 0 Å². The summed E-state index contributed by atoms with van der Waals surface area (Å²) in [7, 11) is 1.48. The lowest BCUT2D eigenvalue weighted by molar-refractivity contribution is -0.136. The summed E-state index contributed by atoms with van der Waals surface area (Å²) in [5.74, 6) is 0.823. The fraction of sp³-hybridized carbons (Fsp3) is 0.200. The second-order valence-corrected chi connectivity index (χ2v) is 5.47. The van der Waals surface area contributed by atoms with Crippen molar-refractivity contribution < 1.29 is 28.5 Å². The standard InChI is InChI=1S/C20H18O6/c1-23-17-5-3-2-4-15(17)16(21)13-26-20(22)9-7-14-6-8-18-19(12-14)25-11-10-24-18/h2-9,12H,10-11,13H2,1H3/b9-7+. The molecule has 0 spiro atoms. The van der Waals surface area contributed by atoms with Crippen LogP contribution in [0, 0.1) is 0 Å². The number of esters is 1. The molecule has 0 radical (unpaired) electrons. The molecule has 2 aromatic rings. The van der Waals surface area contributed by atoms with Gasteiger partial charge in [-0.1, -0.05) is 18.2 Å². The fourth-order valence-corrected chi connectivity index (χ4v) is 2.47. The molecule has 0 fully saturated rings. The number of ketones is 1. The van der Waals surface area contributed by atoms with E-state index in [-0.39, 0.29) is 12.4 Å². The van der Waals surface area contributed by atoms with E-state index >= 15 is 0 Å². The number of rotatable bonds is 6. The smallest absolute Gasteiger partial charge is 0.331 e. The second-order valence-electron chi connectivity index (χ2n) is 5.47. The summed E-state index contributed by atoms with van der Waals surface area (Å²) in [5, 5.41) is 0. The van der Waals surface area contributed by atoms with Crippen LogP contribution >= 0.6 is 0 Å². The average molecular weight is 354 g/mol. The van der Waals surface area contributed by atoms with Gasteiger partial charge in [0.15, 0.2) is 18.1 Å². The van der Waals surface area contributed by atoms with Gasteiger partial charge in [-0.05, 0) is 35.9 Å². The predicted octanol–water partition coefficient (Wildman–Crippen LogP) is 2.91. The number of carbonyl (C=O) groups excluding carboxylic acids is 2. The van der Waals surface area contributed by atoms with Gasteiger partial charge in [-0.2, -0.15) is 0 Å². The Labute approximate surface area is 150 Å². The minimum atomic E-state index is -0.608. The van der Waals surface area contributed by atoms with Crippen LogP contribution in [0.25, 0.3) is 6.08 Å². The van der Waals surface area contributed by atoms with Crippen LogP contribution in [-0.4, -0.2) is 38.7 Å². The zero-order valence-electron chi connectivity index (χ0n) is 14.3. The molecule has 0 bridgehead atoms. The van der Waals surface area contributed by atoms with Crippen LogP contribution < -0.4 is 14.2 Å². The van der Waals surface area contributed by atoms with E-state index < -0.39 is 5.97 Å². The highest BCUT2D eigenvalue weighted by Crippen LogP contribution is 2.31. The lowest BCUT2D eigenvalue weighted by Crippen LogP contribution is -2.15. The first-order valence-corrected chi connectivity index (χ1v) is 8.08. The summed E-state index contributed by atoms with van der Waals surface area (Å²) in [6, 6.07) is 12.1. The fourth-order valence-electron chi connectivity index (χ4n) is 2.47. The highest BCUT2D eigenvalue weighted by atomic mass is 16.6. The number of Topliss-reactive ketones (excluding diaryl/α,β-unsaturated/α-hetero) is 1. The molecule has 134 valence electrons. The largest absolute Gasteiger partial charge is 0.496 e. The van der Waals surface area contributed by atoms with Crippen molar-refractivity contribution in [2.75, 3.05) is 26.9 Å². The Kier molecular flexibility index (Phi) is 5.53. The van der Waals surface area contributed by atoms with Crippen LogP contribution in [0.15, 0.2) is 48.5 Å². The SMILES string of the molecule is COc1ccccc1C(=O)COC(=O)/C=C/c1ccc2c(c1)OCCO2. The highest BCUT2D eigenvalue weighted by molar-refractivity contribution is 6.01. The summed E-state index contributed by atoms with van der Waals surface area (Å²) in [5.41, 5.74) is 1.14. The molecule has 0 N–H and O–H groups in total. The Morgan fingerprint density at radius 1 is 1.08 bits per heavy atom. The van der Waals surface area contributed by atoms with E-state index in [1.165, 1.54) is 13.2 Å². The van der Waals surface area contributed by atoms with Crippen molar-refractivity contribution in [1.29, 1.82) is 0 Å². The van der Waals surface area contributed by atoms with Crippen molar-refractivity contribution in [1.82, 2.24) is 0 Å². The zero-order chi connectivity index (χ0) is 18.4. The molecule has 0 saturated carbocycles. The Bertz CT molecular complexity index is 840. The third kappa shape index (κ3) is 4.22. The molecule has 6 nitrogen and oxygen atoms in total. The summed E-state index contributed by atoms with van der Waals surface area (Å²) < 4.78 is 21.1. The number of ether oxygens (including phenoxy) is 4. The van der Waals surface area contributed by atoms with Gasteiger partial charge in [0.1, 0.15) is 19.0 Å². The van der Waals surface area contributed by atoms with E-state index in [1.54, 1.807) is 48.5 Å². The molecule has 1 heterocycles. The second kappa shape index (κ2) is 8.20. The van der Waals surface area contributed by atoms with Crippen molar-refractivity contribution in [2.24, 2.45) is 0 Å². The molecule has 6 heteroatoms. The first-order chi connectivity index (χ1) is 12.7. The Morgan fingerprint density at radius 2 is 1.85 bits per heavy atom. The number of methoxy groups -OCH3 is 1. The van der Waals surface area contributed by atoms with Gasteiger partial charge in [0, 0.05) is 6.08 Å². The first-order valence-electron chi connectivity index (χ1n) is 8.08. The Balaban J connectivity index is 1.57. The quantitative estimate of drug-likeness (QED) is 0.451. The molecule has 1 aliphatic heterocycles. The maximum atomic E-state index is 12.2. The van der Waals surface area contributed by atoms with E-state index in [0.717, 1.165) is 5.56 Å². The van der Waals surface area contributed by atoms with E-state index in [4.69, 9.17) is 18.9 Å². The zero-order valence-corrected chi connectivity index (χ0v) is 14.3. The van der Waals surface area contributed by atoms with Crippen molar-refractivity contribution in [3.05, 3.63) is 59.7 Å². The van der Waals surface area contributed by atoms with Crippen LogP contribution in [0.3, 0.4) is 0 Å². The molecule has 1 aliphatic rings. The van der Waals surface area contributed by atoms with Gasteiger partial charge in [-0.15, -0.1) is 0 Å². The van der Waals surface area contributed by atoms with E-state index in [0.29, 0.717) is 36.0 Å². The van der Waals surface area contributed by atoms with Crippen molar-refractivity contribution >= 4 is 17.8 Å². The molecule has 0 aromatic heterocycles. The molecule has 3 rings (SSSR count). The summed E-state index contributed by atoms with van der Waals surface area (Å²) in [4.78, 5) is 24.0. The van der Waals surface area contributed by atoms with Gasteiger partial charge in [-0.3, -0.25) is 4.79 Å². The minimum Gasteiger partial charge on any atom is -0.496 e. The third-order valence-corrected chi connectivity index (χ3v) is 3.73. The normalized spacial score (nSPS) is 12.7. The predicted molar refractivity (Wildman–Crippen MR) is 94.7 cm³/mol. The third-order valence-electron chi connectivity index (χ3n) is 3.73. The molecule has 2 aromatic carbocycles. The number of fused-ring (bicyclic) bond motifs is 1. The van der Waals surface area contributed by atoms with Gasteiger partial charge in [0.05, 0.1) is 12.7 Å². The van der Waals surface area contributed by atoms with E-state index in [2.05, 4.69) is 0 Å². The van der Waals surface area contributed by atoms with Gasteiger partial charge < -0.3 is 18.9 Å². The topological polar surface area (TPSA) is 71.1 Å². The lowest BCUT2D eigenvalue weighted by Gasteiger charge is -2.18. The van der Waals surface area contributed by atoms with Crippen LogP contribution in [0.4, 0.5) is 0 Å². The minimum absolute atomic E-state index is 0.330. The molecular formula is C20H18O6. The number of hydrogen-bond donors (Lipinski definition) is 0. The monoisotopic (exact) mass is 354 g/mol. The number of hydrogen-bond acceptors (Lipinski definition) is 6. The summed E-state index contributed by atoms with van der Waals surface area (Å²) in [6.45, 7) is 0.659. The van der Waals surface area contributed by atoms with Gasteiger partial charge in [-0.25, -0.2) is 4.79 Å². The van der Waals surface area contributed by atoms with Gasteiger partial charge in [0.2, 0.25) is 5.78 Å². The van der Waals surface area contributed by atoms with E-state index in [1.807, 2.05) is 0 Å². The summed E-state index contributed by atoms with van der Waals surface area (Å²) in [6.07, 6.45) is 2.86. The Morgan fingerprint density at radius 3 is 2.65 bits per heavy atom. The average Bonchev–Trinajstić information content (AvgIpc) is 2.70. The molecule has 0 aliphatic carbocycles. The van der Waals surface area contributed by atoms with Crippen molar-refractivity contribution in [3.63, 3.8) is 0 Å². The van der Waals surface area contributed by atoms with E-state index in [9.17, 15) is 9.59 Å². The molecule has 26 heavy (non-hydrogen) atoms. The first kappa shape index (κ1) is 17.5. The van der Waals surface area contributed by atoms with Gasteiger partial charge >= 0.3 is 5.97 Å². The van der Waals surface area contributed by atoms with Crippen LogP contribution in [0.1, 0.15) is 15.9 Å². The maximum absolute atomic E-state index is 12.2. The van der Waals surface area contributed by atoms with Crippen LogP contribution in [-0.2, 0) is 9.53 Å². The van der Waals surface area contributed by atoms with Crippen molar-refractivity contribution in [3.8, 4) is 17.2 Å². The molecular weight excluding hydrogens is 336 g/mol. The maximum Gasteiger partial charge on any atom is 0.331 e. The number of carbonyl (C=O) groups is 2. The van der Waals surface area contributed by atoms with Crippen LogP contribution in [0.2, 0.25) is 0 Å². The molecule has 0 saturated heterocycles. The molecule has 0 unspecified atom stereocenters. The number of benzene rings is 2. The highest BCUT2D eigenvalue weighted by Gasteiger charge is 2.13. The lowest BCUT2D eigenvalue weighted by atomic mass is 10.1. The summed E-state index contributed by atoms with van der Waals surface area (Å²) >= 11 is 0. The van der Waals surface area contributed by atoms with Gasteiger partial charge in [0.25, 0.3) is 0 Å².